The molecule has 2 heterocycles. The van der Waals surface area contributed by atoms with Crippen molar-refractivity contribution in [3.05, 3.63) is 70.4 Å². The van der Waals surface area contributed by atoms with Gasteiger partial charge in [-0.1, -0.05) is 36.7 Å². The van der Waals surface area contributed by atoms with Crippen LogP contribution in [-0.4, -0.2) is 59.2 Å². The normalized spacial score (nSPS) is 15.0. The maximum atomic E-state index is 12.9. The number of rotatable bonds is 5. The summed E-state index contributed by atoms with van der Waals surface area (Å²) in [5, 5.41) is 1.61. The van der Waals surface area contributed by atoms with Gasteiger partial charge in [0, 0.05) is 59.4 Å². The van der Waals surface area contributed by atoms with Crippen LogP contribution in [0.5, 0.6) is 0 Å². The summed E-state index contributed by atoms with van der Waals surface area (Å²) in [7, 11) is 0. The van der Waals surface area contributed by atoms with Crippen molar-refractivity contribution in [2.24, 2.45) is 0 Å². The fraction of sp³-hybridized carbons (Fsp3) is 0.304. The van der Waals surface area contributed by atoms with Crippen molar-refractivity contribution in [2.45, 2.75) is 13.3 Å². The average molecular weight is 410 g/mol. The van der Waals surface area contributed by atoms with E-state index in [2.05, 4.69) is 22.9 Å². The molecule has 0 atom stereocenters. The number of halogens is 1. The van der Waals surface area contributed by atoms with Gasteiger partial charge in [-0.05, 0) is 36.2 Å². The highest BCUT2D eigenvalue weighted by Gasteiger charge is 2.24. The molecule has 0 aliphatic carbocycles. The highest BCUT2D eigenvalue weighted by Crippen LogP contribution is 2.23. The molecule has 3 aromatic rings. The number of H-pyrrole nitrogens is 1. The lowest BCUT2D eigenvalue weighted by atomic mass is 10.0. The molecule has 5 nitrogen and oxygen atoms in total. The van der Waals surface area contributed by atoms with Crippen molar-refractivity contribution in [2.75, 3.05) is 32.7 Å². The number of para-hydroxylation sites is 1. The Morgan fingerprint density at radius 2 is 1.76 bits per heavy atom. The van der Waals surface area contributed by atoms with E-state index in [1.54, 1.807) is 24.3 Å². The van der Waals surface area contributed by atoms with Crippen molar-refractivity contribution in [3.8, 4) is 0 Å². The number of aryl methyl sites for hydroxylation is 1. The second-order valence-corrected chi connectivity index (χ2v) is 7.83. The standard InChI is InChI=1S/C23H24ClN3O2/c1-2-16-4-3-5-19-20(14-25-22(16)19)21(28)15-26-10-12-27(13-11-26)23(29)17-6-8-18(24)9-7-17/h3-9,14,25H,2,10-13,15H2,1H3. The van der Waals surface area contributed by atoms with Gasteiger partial charge in [0.15, 0.2) is 5.78 Å². The van der Waals surface area contributed by atoms with Crippen LogP contribution in [0, 0.1) is 0 Å². The number of hydrogen-bond donors (Lipinski definition) is 1. The van der Waals surface area contributed by atoms with Gasteiger partial charge in [-0.25, -0.2) is 0 Å². The highest BCUT2D eigenvalue weighted by molar-refractivity contribution is 6.30. The zero-order chi connectivity index (χ0) is 20.4. The van der Waals surface area contributed by atoms with E-state index in [1.165, 1.54) is 5.56 Å². The molecular formula is C23H24ClN3O2. The van der Waals surface area contributed by atoms with Crippen LogP contribution in [0.25, 0.3) is 10.9 Å². The fourth-order valence-electron chi connectivity index (χ4n) is 3.91. The van der Waals surface area contributed by atoms with Crippen molar-refractivity contribution in [1.29, 1.82) is 0 Å². The van der Waals surface area contributed by atoms with Crippen molar-refractivity contribution in [3.63, 3.8) is 0 Å². The van der Waals surface area contributed by atoms with Crippen LogP contribution in [-0.2, 0) is 6.42 Å². The molecule has 1 fully saturated rings. The number of carbonyl (C=O) groups is 2. The molecule has 1 aliphatic heterocycles. The van der Waals surface area contributed by atoms with E-state index in [1.807, 2.05) is 23.2 Å². The molecule has 29 heavy (non-hydrogen) atoms. The number of nitrogens with zero attached hydrogens (tertiary/aromatic N) is 2. The minimum atomic E-state index is 0.0105. The summed E-state index contributed by atoms with van der Waals surface area (Å²) in [6.45, 7) is 5.08. The molecule has 0 bridgehead atoms. The molecule has 4 rings (SSSR count). The first-order valence-electron chi connectivity index (χ1n) is 9.96. The zero-order valence-electron chi connectivity index (χ0n) is 16.5. The van der Waals surface area contributed by atoms with Gasteiger partial charge < -0.3 is 9.88 Å². The van der Waals surface area contributed by atoms with E-state index < -0.39 is 0 Å². The SMILES string of the molecule is CCc1cccc2c(C(=O)CN3CCN(C(=O)c4ccc(Cl)cc4)CC3)c[nH]c12. The first-order chi connectivity index (χ1) is 14.1. The molecule has 150 valence electrons. The van der Waals surface area contributed by atoms with Gasteiger partial charge in [0.05, 0.1) is 6.54 Å². The third-order valence-electron chi connectivity index (χ3n) is 5.60. The number of piperazine rings is 1. The Hall–Kier alpha value is -2.63. The van der Waals surface area contributed by atoms with Crippen LogP contribution in [0.3, 0.4) is 0 Å². The van der Waals surface area contributed by atoms with E-state index in [-0.39, 0.29) is 11.7 Å². The minimum absolute atomic E-state index is 0.0105. The van der Waals surface area contributed by atoms with Gasteiger partial charge in [-0.2, -0.15) is 0 Å². The number of aromatic nitrogens is 1. The molecule has 1 aliphatic rings. The van der Waals surface area contributed by atoms with Gasteiger partial charge >= 0.3 is 0 Å². The number of benzene rings is 2. The van der Waals surface area contributed by atoms with Crippen LogP contribution in [0.2, 0.25) is 5.02 Å². The Morgan fingerprint density at radius 1 is 1.03 bits per heavy atom. The quantitative estimate of drug-likeness (QED) is 0.647. The summed E-state index contributed by atoms with van der Waals surface area (Å²) in [6, 6.07) is 13.1. The molecule has 0 radical (unpaired) electrons. The van der Waals surface area contributed by atoms with Crippen LogP contribution in [0.4, 0.5) is 0 Å². The number of ketones is 1. The van der Waals surface area contributed by atoms with Crippen LogP contribution >= 0.6 is 11.6 Å². The smallest absolute Gasteiger partial charge is 0.253 e. The molecule has 1 aromatic heterocycles. The highest BCUT2D eigenvalue weighted by atomic mass is 35.5. The first kappa shape index (κ1) is 19.7. The number of Topliss-reactive ketones (excluding diaryl/α,β-unsaturated/α-hetero) is 1. The first-order valence-corrected chi connectivity index (χ1v) is 10.3. The van der Waals surface area contributed by atoms with E-state index in [0.29, 0.717) is 43.3 Å². The van der Waals surface area contributed by atoms with Gasteiger partial charge in [-0.15, -0.1) is 0 Å². The average Bonchev–Trinajstić information content (AvgIpc) is 3.19. The Labute approximate surface area is 175 Å². The largest absolute Gasteiger partial charge is 0.360 e. The second kappa shape index (κ2) is 8.39. The molecule has 0 unspecified atom stereocenters. The maximum Gasteiger partial charge on any atom is 0.253 e. The van der Waals surface area contributed by atoms with Crippen LogP contribution in [0.1, 0.15) is 33.2 Å². The molecule has 6 heteroatoms. The number of carbonyl (C=O) groups excluding carboxylic acids is 2. The lowest BCUT2D eigenvalue weighted by Gasteiger charge is -2.34. The molecular weight excluding hydrogens is 386 g/mol. The third-order valence-corrected chi connectivity index (χ3v) is 5.85. The number of aromatic amines is 1. The van der Waals surface area contributed by atoms with E-state index >= 15 is 0 Å². The Kier molecular flexibility index (Phi) is 5.69. The summed E-state index contributed by atoms with van der Waals surface area (Å²) in [4.78, 5) is 32.8. The maximum absolute atomic E-state index is 12.9. The molecule has 1 amide bonds. The number of amides is 1. The lowest BCUT2D eigenvalue weighted by Crippen LogP contribution is -2.49. The summed E-state index contributed by atoms with van der Waals surface area (Å²) in [5.41, 5.74) is 3.66. The number of nitrogens with one attached hydrogen (secondary N) is 1. The van der Waals surface area contributed by atoms with E-state index in [4.69, 9.17) is 11.6 Å². The molecule has 0 spiro atoms. The Bertz CT molecular complexity index is 1030. The molecule has 1 saturated heterocycles. The second-order valence-electron chi connectivity index (χ2n) is 7.39. The predicted molar refractivity (Wildman–Crippen MR) is 116 cm³/mol. The van der Waals surface area contributed by atoms with Gasteiger partial charge in [0.1, 0.15) is 0 Å². The van der Waals surface area contributed by atoms with E-state index in [0.717, 1.165) is 22.9 Å². The lowest BCUT2D eigenvalue weighted by molar-refractivity contribution is 0.0624. The van der Waals surface area contributed by atoms with Gasteiger partial charge in [0.25, 0.3) is 5.91 Å². The van der Waals surface area contributed by atoms with Gasteiger partial charge in [-0.3, -0.25) is 14.5 Å². The zero-order valence-corrected chi connectivity index (χ0v) is 17.2. The van der Waals surface area contributed by atoms with E-state index in [9.17, 15) is 9.59 Å². The van der Waals surface area contributed by atoms with Crippen LogP contribution < -0.4 is 0 Å². The summed E-state index contributed by atoms with van der Waals surface area (Å²) in [5.74, 6) is 0.123. The summed E-state index contributed by atoms with van der Waals surface area (Å²) >= 11 is 5.90. The summed E-state index contributed by atoms with van der Waals surface area (Å²) in [6.07, 6.45) is 2.75. The van der Waals surface area contributed by atoms with Crippen molar-refractivity contribution < 1.29 is 9.59 Å². The predicted octanol–water partition coefficient (Wildman–Crippen LogP) is 4.02. The third kappa shape index (κ3) is 4.07. The Balaban J connectivity index is 1.38. The number of fused-ring (bicyclic) bond motifs is 1. The topological polar surface area (TPSA) is 56.4 Å². The van der Waals surface area contributed by atoms with Crippen LogP contribution in [0.15, 0.2) is 48.7 Å². The fourth-order valence-corrected chi connectivity index (χ4v) is 4.04. The van der Waals surface area contributed by atoms with Crippen molar-refractivity contribution >= 4 is 34.2 Å². The van der Waals surface area contributed by atoms with Gasteiger partial charge in [0.2, 0.25) is 0 Å². The van der Waals surface area contributed by atoms with Crippen molar-refractivity contribution in [1.82, 2.24) is 14.8 Å². The number of hydrogen-bond acceptors (Lipinski definition) is 3. The minimum Gasteiger partial charge on any atom is -0.360 e. The Morgan fingerprint density at radius 3 is 2.45 bits per heavy atom. The molecule has 0 saturated carbocycles. The molecule has 2 aromatic carbocycles. The molecule has 1 N–H and O–H groups in total. The summed E-state index contributed by atoms with van der Waals surface area (Å²) < 4.78 is 0. The monoisotopic (exact) mass is 409 g/mol.